The molecule has 0 saturated carbocycles. The van der Waals surface area contributed by atoms with Crippen molar-refractivity contribution in [3.05, 3.63) is 36.7 Å². The molecule has 0 amide bonds. The van der Waals surface area contributed by atoms with Crippen molar-refractivity contribution in [1.29, 1.82) is 0 Å². The van der Waals surface area contributed by atoms with E-state index in [4.69, 9.17) is 0 Å². The maximum absolute atomic E-state index is 10.3. The van der Waals surface area contributed by atoms with Crippen LogP contribution in [0.5, 0.6) is 0 Å². The third-order valence-corrected chi connectivity index (χ3v) is 1.63. The van der Waals surface area contributed by atoms with Crippen molar-refractivity contribution in [2.75, 3.05) is 0 Å². The van der Waals surface area contributed by atoms with Gasteiger partial charge in [0.2, 0.25) is 0 Å². The number of hydrogen-bond acceptors (Lipinski definition) is 2. The topological polar surface area (TPSA) is 43.4 Å². The van der Waals surface area contributed by atoms with Crippen LogP contribution in [0.1, 0.15) is 0 Å². The monoisotopic (exact) mass is 156 g/mol. The van der Waals surface area contributed by atoms with E-state index in [0.717, 1.165) is 9.88 Å². The van der Waals surface area contributed by atoms with Gasteiger partial charge in [-0.05, 0) is 17.7 Å². The zero-order valence-electron chi connectivity index (χ0n) is 5.19. The molecule has 0 fully saturated rings. The quantitative estimate of drug-likeness (QED) is 0.524. The van der Waals surface area contributed by atoms with Gasteiger partial charge in [0, 0.05) is 12.4 Å². The van der Waals surface area contributed by atoms with Crippen LogP contribution in [-0.2, 0) is 11.3 Å². The molecule has 1 rings (SSSR count). The Morgan fingerprint density at radius 3 is 2.40 bits per heavy atom. The van der Waals surface area contributed by atoms with Gasteiger partial charge < -0.3 is 4.55 Å². The second-order valence-corrected chi connectivity index (χ2v) is 2.64. The first-order chi connectivity index (χ1) is 4.70. The number of nitrogens with zero attached hydrogens (tertiary/aromatic N) is 1. The van der Waals surface area contributed by atoms with Gasteiger partial charge in [0.1, 0.15) is 0 Å². The predicted molar refractivity (Wildman–Crippen MR) is 38.2 cm³/mol. The van der Waals surface area contributed by atoms with E-state index in [-0.39, 0.29) is 0 Å². The van der Waals surface area contributed by atoms with Crippen molar-refractivity contribution in [1.82, 2.24) is 4.31 Å². The maximum atomic E-state index is 10.3. The van der Waals surface area contributed by atoms with Crippen molar-refractivity contribution in [2.24, 2.45) is 0 Å². The van der Waals surface area contributed by atoms with Crippen LogP contribution in [0.3, 0.4) is 0 Å². The Kier molecular flexibility index (Phi) is 2.03. The second kappa shape index (κ2) is 2.81. The zero-order chi connectivity index (χ0) is 7.56. The minimum absolute atomic E-state index is 0.793. The van der Waals surface area contributed by atoms with Gasteiger partial charge in [-0.3, -0.25) is 8.51 Å². The summed E-state index contributed by atoms with van der Waals surface area (Å²) in [5.41, 5.74) is 0.793. The molecule has 0 aromatic carbocycles. The summed E-state index contributed by atoms with van der Waals surface area (Å²) in [7, 11) is 0. The van der Waals surface area contributed by atoms with Crippen molar-refractivity contribution >= 4 is 11.3 Å². The average Bonchev–Trinajstić information content (AvgIpc) is 1.88. The van der Waals surface area contributed by atoms with Gasteiger partial charge in [-0.25, -0.2) is 0 Å². The summed E-state index contributed by atoms with van der Waals surface area (Å²) in [4.78, 5) is 0. The summed E-state index contributed by atoms with van der Waals surface area (Å²) >= 11 is -2.20. The molecule has 1 aliphatic heterocycles. The molecular weight excluding hydrogens is 150 g/mol. The molecule has 54 valence electrons. The fraction of sp³-hybridized carbons (Fsp3) is 0. The lowest BCUT2D eigenvalue weighted by Crippen LogP contribution is -2.13. The second-order valence-electron chi connectivity index (χ2n) is 1.78. The van der Waals surface area contributed by atoms with Crippen LogP contribution in [0, 0.1) is 0 Å². The Morgan fingerprint density at radius 1 is 1.50 bits per heavy atom. The van der Waals surface area contributed by atoms with E-state index in [1.165, 1.54) is 12.4 Å². The lowest BCUT2D eigenvalue weighted by Gasteiger charge is -2.19. The van der Waals surface area contributed by atoms with Crippen LogP contribution < -0.4 is 0 Å². The van der Waals surface area contributed by atoms with Crippen molar-refractivity contribution in [2.45, 2.75) is 0 Å². The van der Waals surface area contributed by atoms with Crippen LogP contribution in [0.4, 0.5) is 0 Å². The molecule has 0 aliphatic carbocycles. The summed E-state index contributed by atoms with van der Waals surface area (Å²) in [6, 6.07) is 0. The molecule has 0 saturated heterocycles. The Labute approximate surface area is 61.8 Å². The number of allylic oxidation sites excluding steroid dienone is 3. The van der Waals surface area contributed by atoms with Crippen molar-refractivity contribution in [3.8, 4) is 0 Å². The lowest BCUT2D eigenvalue weighted by atomic mass is 10.3. The van der Waals surface area contributed by atoms with Gasteiger partial charge in [-0.15, -0.1) is 0 Å². The van der Waals surface area contributed by atoms with Gasteiger partial charge in [0.05, 0.1) is 11.3 Å². The Balaban J connectivity index is 2.71. The van der Waals surface area contributed by atoms with E-state index in [0.29, 0.717) is 0 Å². The highest BCUT2D eigenvalue weighted by molar-refractivity contribution is 7.76. The fourth-order valence-electron chi connectivity index (χ4n) is 0.543. The maximum Gasteiger partial charge on any atom is 0.0512 e. The summed E-state index contributed by atoms with van der Waals surface area (Å²) in [6.45, 7) is 3.61. The first-order valence-electron chi connectivity index (χ1n) is 2.63. The van der Waals surface area contributed by atoms with Crippen LogP contribution in [-0.4, -0.2) is 13.1 Å². The highest BCUT2D eigenvalue weighted by Crippen LogP contribution is 2.07. The normalized spacial score (nSPS) is 19.7. The highest BCUT2D eigenvalue weighted by atomic mass is 32.2. The fourth-order valence-corrected chi connectivity index (χ4v) is 0.864. The summed E-state index contributed by atoms with van der Waals surface area (Å²) in [5.74, 6) is 0. The smallest absolute Gasteiger partial charge is 0.0512 e. The molecule has 0 radical (unpaired) electrons. The largest absolute Gasteiger partial charge is 0.755 e. The minimum atomic E-state index is -2.20. The number of hydrogen-bond donors (Lipinski definition) is 0. The van der Waals surface area contributed by atoms with E-state index in [1.54, 1.807) is 12.2 Å². The third kappa shape index (κ3) is 1.55. The summed E-state index contributed by atoms with van der Waals surface area (Å²) < 4.78 is 21.6. The molecule has 1 atom stereocenters. The molecule has 0 bridgehead atoms. The van der Waals surface area contributed by atoms with Crippen molar-refractivity contribution < 1.29 is 8.76 Å². The van der Waals surface area contributed by atoms with Crippen LogP contribution in [0.25, 0.3) is 0 Å². The van der Waals surface area contributed by atoms with Crippen LogP contribution >= 0.6 is 0 Å². The molecular formula is C6H6NO2S-. The molecule has 1 heterocycles. The Morgan fingerprint density at radius 2 is 2.00 bits per heavy atom. The molecule has 1 aliphatic rings. The Bertz CT molecular complexity index is 216. The van der Waals surface area contributed by atoms with E-state index in [2.05, 4.69) is 6.58 Å². The van der Waals surface area contributed by atoms with E-state index < -0.39 is 11.3 Å². The molecule has 4 heteroatoms. The average molecular weight is 156 g/mol. The van der Waals surface area contributed by atoms with E-state index in [9.17, 15) is 8.76 Å². The van der Waals surface area contributed by atoms with Gasteiger partial charge in [0.25, 0.3) is 0 Å². The highest BCUT2D eigenvalue weighted by Gasteiger charge is 1.96. The summed E-state index contributed by atoms with van der Waals surface area (Å²) in [6.07, 6.45) is 6.11. The van der Waals surface area contributed by atoms with Gasteiger partial charge >= 0.3 is 0 Å². The van der Waals surface area contributed by atoms with Crippen LogP contribution in [0.15, 0.2) is 36.7 Å². The molecule has 0 N–H and O–H groups in total. The zero-order valence-corrected chi connectivity index (χ0v) is 6.00. The van der Waals surface area contributed by atoms with E-state index in [1.807, 2.05) is 0 Å². The standard InChI is InChI=1S/C6H7NO2S/c1-6-2-4-7(5-3-6)10(8)9/h2-5H,1H2,(H,8,9)/p-1. The molecule has 10 heavy (non-hydrogen) atoms. The SMILES string of the molecule is C=C1C=CN(S(=O)[O-])C=C1. The number of rotatable bonds is 1. The van der Waals surface area contributed by atoms with E-state index >= 15 is 0 Å². The van der Waals surface area contributed by atoms with Crippen molar-refractivity contribution in [3.63, 3.8) is 0 Å². The molecule has 0 aromatic heterocycles. The Hall–Kier alpha value is -0.870. The van der Waals surface area contributed by atoms with Crippen LogP contribution in [0.2, 0.25) is 0 Å². The molecule has 0 spiro atoms. The summed E-state index contributed by atoms with van der Waals surface area (Å²) in [5, 5.41) is 0. The lowest BCUT2D eigenvalue weighted by molar-refractivity contribution is 0.495. The third-order valence-electron chi connectivity index (χ3n) is 1.04. The van der Waals surface area contributed by atoms with Gasteiger partial charge in [-0.2, -0.15) is 0 Å². The predicted octanol–water partition coefficient (Wildman–Crippen LogP) is 0.680. The molecule has 3 nitrogen and oxygen atoms in total. The van der Waals surface area contributed by atoms with Gasteiger partial charge in [-0.1, -0.05) is 6.58 Å². The molecule has 1 unspecified atom stereocenters. The first kappa shape index (κ1) is 7.24. The molecule has 0 aromatic rings. The minimum Gasteiger partial charge on any atom is -0.755 e. The van der Waals surface area contributed by atoms with Gasteiger partial charge in [0.15, 0.2) is 0 Å². The first-order valence-corrected chi connectivity index (χ1v) is 3.66.